The lowest BCUT2D eigenvalue weighted by molar-refractivity contribution is 0.305. The number of aromatic nitrogens is 2. The first-order chi connectivity index (χ1) is 11.8. The Hall–Kier alpha value is -3.14. The van der Waals surface area contributed by atoms with E-state index in [9.17, 15) is 4.39 Å². The predicted octanol–water partition coefficient (Wildman–Crippen LogP) is 4.95. The van der Waals surface area contributed by atoms with Gasteiger partial charge >= 0.3 is 0 Å². The summed E-state index contributed by atoms with van der Waals surface area (Å²) >= 11 is 0. The number of fused-ring (bicyclic) bond motifs is 1. The Balaban J connectivity index is 1.56. The van der Waals surface area contributed by atoms with E-state index in [1.54, 1.807) is 12.4 Å². The minimum atomic E-state index is -0.253. The van der Waals surface area contributed by atoms with Crippen LogP contribution in [0.3, 0.4) is 0 Å². The molecule has 4 aromatic rings. The molecule has 0 atom stereocenters. The van der Waals surface area contributed by atoms with Gasteiger partial charge in [0, 0.05) is 0 Å². The predicted molar refractivity (Wildman–Crippen MR) is 92.3 cm³/mol. The number of imidazole rings is 1. The summed E-state index contributed by atoms with van der Waals surface area (Å²) < 4.78 is 19.0. The van der Waals surface area contributed by atoms with Crippen molar-refractivity contribution in [1.29, 1.82) is 0 Å². The van der Waals surface area contributed by atoms with Gasteiger partial charge in [0.1, 0.15) is 18.2 Å². The molecule has 0 saturated carbocycles. The molecular formula is C20H15FN2O. The minimum absolute atomic E-state index is 0.253. The maximum atomic E-state index is 13.2. The van der Waals surface area contributed by atoms with Crippen LogP contribution in [0.4, 0.5) is 4.39 Å². The van der Waals surface area contributed by atoms with Crippen molar-refractivity contribution in [2.45, 2.75) is 6.61 Å². The first-order valence-electron chi connectivity index (χ1n) is 7.69. The molecule has 4 rings (SSSR count). The highest BCUT2D eigenvalue weighted by Gasteiger charge is 2.04. The fraction of sp³-hybridized carbons (Fsp3) is 0.0500. The summed E-state index contributed by atoms with van der Waals surface area (Å²) in [5, 5.41) is 0. The van der Waals surface area contributed by atoms with Crippen LogP contribution in [0.25, 0.3) is 22.2 Å². The minimum Gasteiger partial charge on any atom is -0.489 e. The monoisotopic (exact) mass is 318 g/mol. The summed E-state index contributed by atoms with van der Waals surface area (Å²) in [6, 6.07) is 20.4. The van der Waals surface area contributed by atoms with E-state index in [4.69, 9.17) is 4.74 Å². The van der Waals surface area contributed by atoms with E-state index < -0.39 is 0 Å². The van der Waals surface area contributed by atoms with Gasteiger partial charge in [-0.1, -0.05) is 30.3 Å². The molecule has 0 spiro atoms. The zero-order valence-corrected chi connectivity index (χ0v) is 12.9. The number of hydrogen-bond donors (Lipinski definition) is 1. The molecule has 0 amide bonds. The number of nitrogens with zero attached hydrogens (tertiary/aromatic N) is 1. The molecule has 118 valence electrons. The highest BCUT2D eigenvalue weighted by atomic mass is 19.1. The lowest BCUT2D eigenvalue weighted by atomic mass is 10.0. The average molecular weight is 318 g/mol. The van der Waals surface area contributed by atoms with Gasteiger partial charge in [0.2, 0.25) is 0 Å². The van der Waals surface area contributed by atoms with Crippen molar-refractivity contribution in [2.24, 2.45) is 0 Å². The molecule has 0 radical (unpaired) electrons. The van der Waals surface area contributed by atoms with Gasteiger partial charge in [0.15, 0.2) is 0 Å². The second-order valence-electron chi connectivity index (χ2n) is 5.58. The fourth-order valence-electron chi connectivity index (χ4n) is 2.67. The van der Waals surface area contributed by atoms with Gasteiger partial charge in [-0.3, -0.25) is 0 Å². The lowest BCUT2D eigenvalue weighted by Gasteiger charge is -2.09. The summed E-state index contributed by atoms with van der Waals surface area (Å²) in [5.41, 5.74) is 4.87. The van der Waals surface area contributed by atoms with Crippen molar-refractivity contribution in [3.8, 4) is 16.9 Å². The number of benzene rings is 3. The molecule has 0 unspecified atom stereocenters. The highest BCUT2D eigenvalue weighted by Crippen LogP contribution is 2.26. The largest absolute Gasteiger partial charge is 0.489 e. The molecule has 0 aliphatic carbocycles. The zero-order valence-electron chi connectivity index (χ0n) is 12.9. The number of H-pyrrole nitrogens is 1. The third-order valence-electron chi connectivity index (χ3n) is 3.88. The van der Waals surface area contributed by atoms with E-state index >= 15 is 0 Å². The van der Waals surface area contributed by atoms with Crippen LogP contribution in [0, 0.1) is 5.82 Å². The average Bonchev–Trinajstić information content (AvgIpc) is 3.08. The van der Waals surface area contributed by atoms with E-state index in [1.165, 1.54) is 12.1 Å². The fourth-order valence-corrected chi connectivity index (χ4v) is 2.67. The molecule has 0 aliphatic heterocycles. The molecule has 3 nitrogen and oxygen atoms in total. The summed E-state index contributed by atoms with van der Waals surface area (Å²) in [6.45, 7) is 0.333. The van der Waals surface area contributed by atoms with Gasteiger partial charge in [0.05, 0.1) is 17.4 Å². The van der Waals surface area contributed by atoms with Crippen LogP contribution in [0.2, 0.25) is 0 Å². The third kappa shape index (κ3) is 2.99. The van der Waals surface area contributed by atoms with Gasteiger partial charge < -0.3 is 9.72 Å². The Morgan fingerprint density at radius 1 is 0.917 bits per heavy atom. The Kier molecular flexibility index (Phi) is 3.71. The molecule has 0 saturated heterocycles. The summed E-state index contributed by atoms with van der Waals surface area (Å²) in [6.07, 6.45) is 1.69. The maximum absolute atomic E-state index is 13.2. The molecule has 0 fully saturated rings. The normalized spacial score (nSPS) is 10.9. The van der Waals surface area contributed by atoms with Gasteiger partial charge in [0.25, 0.3) is 0 Å². The number of rotatable bonds is 4. The first kappa shape index (κ1) is 14.5. The Bertz CT molecular complexity index is 994. The second kappa shape index (κ2) is 6.16. The molecule has 0 bridgehead atoms. The summed E-state index contributed by atoms with van der Waals surface area (Å²) in [5.74, 6) is 0.496. The standard InChI is InChI=1S/C20H15FN2O/c21-17-5-1-3-14(9-17)12-24-18-6-2-4-15(10-18)16-7-8-19-20(11-16)23-13-22-19/h1-11,13H,12H2,(H,22,23). The van der Waals surface area contributed by atoms with Crippen molar-refractivity contribution >= 4 is 11.0 Å². The molecule has 1 heterocycles. The molecular weight excluding hydrogens is 303 g/mol. The molecule has 24 heavy (non-hydrogen) atoms. The molecule has 4 heteroatoms. The quantitative estimate of drug-likeness (QED) is 0.578. The lowest BCUT2D eigenvalue weighted by Crippen LogP contribution is -1.96. The van der Waals surface area contributed by atoms with Crippen molar-refractivity contribution in [2.75, 3.05) is 0 Å². The first-order valence-corrected chi connectivity index (χ1v) is 7.69. The van der Waals surface area contributed by atoms with Gasteiger partial charge in [-0.25, -0.2) is 9.37 Å². The van der Waals surface area contributed by atoms with E-state index in [-0.39, 0.29) is 5.82 Å². The van der Waals surface area contributed by atoms with Crippen LogP contribution in [-0.2, 0) is 6.61 Å². The van der Waals surface area contributed by atoms with Crippen LogP contribution in [0.1, 0.15) is 5.56 Å². The van der Waals surface area contributed by atoms with Crippen LogP contribution in [0.15, 0.2) is 73.1 Å². The smallest absolute Gasteiger partial charge is 0.123 e. The van der Waals surface area contributed by atoms with Gasteiger partial charge in [-0.15, -0.1) is 0 Å². The molecule has 1 aromatic heterocycles. The Morgan fingerprint density at radius 2 is 1.79 bits per heavy atom. The number of halogens is 1. The topological polar surface area (TPSA) is 37.9 Å². The van der Waals surface area contributed by atoms with Crippen LogP contribution < -0.4 is 4.74 Å². The second-order valence-corrected chi connectivity index (χ2v) is 5.58. The summed E-state index contributed by atoms with van der Waals surface area (Å²) in [7, 11) is 0. The van der Waals surface area contributed by atoms with Crippen molar-refractivity contribution < 1.29 is 9.13 Å². The highest BCUT2D eigenvalue weighted by molar-refractivity contribution is 5.81. The summed E-state index contributed by atoms with van der Waals surface area (Å²) in [4.78, 5) is 7.38. The van der Waals surface area contributed by atoms with Crippen LogP contribution >= 0.6 is 0 Å². The van der Waals surface area contributed by atoms with E-state index in [0.29, 0.717) is 6.61 Å². The Labute approximate surface area is 138 Å². The zero-order chi connectivity index (χ0) is 16.4. The van der Waals surface area contributed by atoms with Crippen LogP contribution in [-0.4, -0.2) is 9.97 Å². The van der Waals surface area contributed by atoms with E-state index in [0.717, 1.165) is 33.5 Å². The maximum Gasteiger partial charge on any atom is 0.123 e. The van der Waals surface area contributed by atoms with Gasteiger partial charge in [-0.2, -0.15) is 0 Å². The molecule has 3 aromatic carbocycles. The van der Waals surface area contributed by atoms with Crippen molar-refractivity contribution in [3.63, 3.8) is 0 Å². The third-order valence-corrected chi connectivity index (χ3v) is 3.88. The van der Waals surface area contributed by atoms with Crippen molar-refractivity contribution in [1.82, 2.24) is 9.97 Å². The van der Waals surface area contributed by atoms with E-state index in [1.807, 2.05) is 48.5 Å². The van der Waals surface area contributed by atoms with Crippen molar-refractivity contribution in [3.05, 3.63) is 84.4 Å². The number of nitrogens with one attached hydrogen (secondary N) is 1. The van der Waals surface area contributed by atoms with Gasteiger partial charge in [-0.05, 0) is 53.1 Å². The SMILES string of the molecule is Fc1cccc(COc2cccc(-c3ccc4[nH]cnc4c3)c2)c1. The number of ether oxygens (including phenoxy) is 1. The van der Waals surface area contributed by atoms with E-state index in [2.05, 4.69) is 9.97 Å². The number of aromatic amines is 1. The number of hydrogen-bond acceptors (Lipinski definition) is 2. The molecule has 1 N–H and O–H groups in total. The molecule has 0 aliphatic rings. The van der Waals surface area contributed by atoms with Crippen LogP contribution in [0.5, 0.6) is 5.75 Å². The Morgan fingerprint density at radius 3 is 2.71 bits per heavy atom.